The van der Waals surface area contributed by atoms with Crippen LogP contribution in [0, 0.1) is 0 Å². The summed E-state index contributed by atoms with van der Waals surface area (Å²) in [4.78, 5) is 4.04. The summed E-state index contributed by atoms with van der Waals surface area (Å²) in [6.07, 6.45) is 4.73. The number of hydrogen-bond acceptors (Lipinski definition) is 4. The van der Waals surface area contributed by atoms with Crippen LogP contribution in [0.5, 0.6) is 0 Å². The van der Waals surface area contributed by atoms with Crippen LogP contribution >= 0.6 is 0 Å². The first kappa shape index (κ1) is 15.9. The highest BCUT2D eigenvalue weighted by atomic mass is 19.1. The molecule has 1 saturated heterocycles. The molecule has 3 heterocycles. The monoisotopic (exact) mass is 315 g/mol. The summed E-state index contributed by atoms with van der Waals surface area (Å²) in [7, 11) is -1.01. The maximum Gasteiger partial charge on any atom is 0.525 e. The predicted molar refractivity (Wildman–Crippen MR) is 87.0 cm³/mol. The fraction of sp³-hybridized carbons (Fsp3) is 0.375. The molecule has 1 aliphatic heterocycles. The van der Waals surface area contributed by atoms with E-state index in [9.17, 15) is 4.39 Å². The van der Waals surface area contributed by atoms with Crippen LogP contribution in [0.25, 0.3) is 17.3 Å². The minimum absolute atomic E-state index is 0.495. The van der Waals surface area contributed by atoms with Gasteiger partial charge in [0.05, 0.1) is 22.6 Å². The second-order valence-electron chi connectivity index (χ2n) is 6.57. The van der Waals surface area contributed by atoms with E-state index in [-0.39, 0.29) is 0 Å². The summed E-state index contributed by atoms with van der Waals surface area (Å²) in [5.74, 6) is 0. The quantitative estimate of drug-likeness (QED) is 0.882. The lowest BCUT2D eigenvalue weighted by atomic mass is 9.87. The summed E-state index contributed by atoms with van der Waals surface area (Å²) in [5, 5.41) is 6.96. The Morgan fingerprint density at radius 3 is 2.57 bits per heavy atom. The first-order valence-electron chi connectivity index (χ1n) is 7.47. The molecule has 120 valence electrons. The molecule has 2 aromatic heterocycles. The van der Waals surface area contributed by atoms with Crippen molar-refractivity contribution < 1.29 is 13.7 Å². The minimum Gasteiger partial charge on any atom is -0.398 e. The van der Waals surface area contributed by atoms with Crippen molar-refractivity contribution in [3.63, 3.8) is 0 Å². The van der Waals surface area contributed by atoms with Crippen LogP contribution < -0.4 is 0 Å². The van der Waals surface area contributed by atoms with E-state index in [1.807, 2.05) is 39.8 Å². The van der Waals surface area contributed by atoms with Gasteiger partial charge in [-0.1, -0.05) is 0 Å². The van der Waals surface area contributed by atoms with E-state index < -0.39 is 24.0 Å². The Morgan fingerprint density at radius 1 is 1.26 bits per heavy atom. The molecule has 0 amide bonds. The zero-order valence-electron chi connectivity index (χ0n) is 13.6. The van der Waals surface area contributed by atoms with Crippen LogP contribution in [0.1, 0.15) is 33.4 Å². The summed E-state index contributed by atoms with van der Waals surface area (Å²) in [6, 6.07) is 5.47. The number of aromatic amines is 1. The molecule has 23 heavy (non-hydrogen) atoms. The Labute approximate surface area is 135 Å². The molecule has 1 N–H and O–H groups in total. The lowest BCUT2D eigenvalue weighted by Gasteiger charge is -2.32. The maximum atomic E-state index is 14.4. The Morgan fingerprint density at radius 2 is 1.96 bits per heavy atom. The first-order valence-corrected chi connectivity index (χ1v) is 7.47. The van der Waals surface area contributed by atoms with Crippen molar-refractivity contribution in [3.8, 4) is 11.3 Å². The summed E-state index contributed by atoms with van der Waals surface area (Å²) in [5.41, 5.74) is 0.460. The lowest BCUT2D eigenvalue weighted by molar-refractivity contribution is 0.00578. The van der Waals surface area contributed by atoms with Gasteiger partial charge in [-0.05, 0) is 52.0 Å². The van der Waals surface area contributed by atoms with Crippen molar-refractivity contribution in [2.75, 3.05) is 0 Å². The third kappa shape index (κ3) is 3.07. The largest absolute Gasteiger partial charge is 0.525 e. The first-order chi connectivity index (χ1) is 10.8. The van der Waals surface area contributed by atoms with E-state index in [0.717, 1.165) is 5.56 Å². The molecular formula is C16H19BFN3O2. The number of nitrogens with zero attached hydrogens (tertiary/aromatic N) is 2. The molecule has 3 rings (SSSR count). The SMILES string of the molecule is CC1(C)OB(C(F)=Cc2cc(-c3cccnc3)n[nH]2)OC1(C)C. The van der Waals surface area contributed by atoms with Crippen LogP contribution in [0.4, 0.5) is 4.39 Å². The molecular weight excluding hydrogens is 296 g/mol. The maximum absolute atomic E-state index is 14.4. The molecule has 0 unspecified atom stereocenters. The van der Waals surface area contributed by atoms with Gasteiger partial charge >= 0.3 is 7.12 Å². The van der Waals surface area contributed by atoms with Gasteiger partial charge < -0.3 is 9.31 Å². The summed E-state index contributed by atoms with van der Waals surface area (Å²) >= 11 is 0. The molecule has 0 radical (unpaired) electrons. The molecule has 1 aliphatic rings. The predicted octanol–water partition coefficient (Wildman–Crippen LogP) is 3.41. The van der Waals surface area contributed by atoms with Gasteiger partial charge in [-0.15, -0.1) is 0 Å². The highest BCUT2D eigenvalue weighted by molar-refractivity contribution is 6.54. The molecule has 0 atom stereocenters. The van der Waals surface area contributed by atoms with Crippen LogP contribution in [0.15, 0.2) is 36.3 Å². The van der Waals surface area contributed by atoms with Gasteiger partial charge in [0.1, 0.15) is 5.73 Å². The Bertz CT molecular complexity index is 712. The molecule has 0 aliphatic carbocycles. The second kappa shape index (κ2) is 5.58. The van der Waals surface area contributed by atoms with Crippen LogP contribution in [0.2, 0.25) is 0 Å². The van der Waals surface area contributed by atoms with Gasteiger partial charge in [0.25, 0.3) is 0 Å². The topological polar surface area (TPSA) is 60.0 Å². The Balaban J connectivity index is 1.79. The van der Waals surface area contributed by atoms with Crippen LogP contribution in [-0.4, -0.2) is 33.5 Å². The van der Waals surface area contributed by atoms with Crippen molar-refractivity contribution in [2.24, 2.45) is 0 Å². The van der Waals surface area contributed by atoms with E-state index in [2.05, 4.69) is 15.2 Å². The van der Waals surface area contributed by atoms with Crippen LogP contribution in [0.3, 0.4) is 0 Å². The number of pyridine rings is 1. The van der Waals surface area contributed by atoms with Gasteiger partial charge in [0, 0.05) is 18.0 Å². The molecule has 5 nitrogen and oxygen atoms in total. The fourth-order valence-electron chi connectivity index (χ4n) is 2.24. The smallest absolute Gasteiger partial charge is 0.398 e. The molecule has 0 saturated carbocycles. The zero-order valence-corrected chi connectivity index (χ0v) is 13.6. The van der Waals surface area contributed by atoms with Gasteiger partial charge in [-0.3, -0.25) is 10.1 Å². The number of aromatic nitrogens is 3. The van der Waals surface area contributed by atoms with Crippen molar-refractivity contribution in [1.82, 2.24) is 15.2 Å². The normalized spacial score (nSPS) is 20.0. The van der Waals surface area contributed by atoms with Crippen molar-refractivity contribution in [1.29, 1.82) is 0 Å². The van der Waals surface area contributed by atoms with E-state index >= 15 is 0 Å². The van der Waals surface area contributed by atoms with E-state index in [4.69, 9.17) is 9.31 Å². The van der Waals surface area contributed by atoms with Gasteiger partial charge in [0.2, 0.25) is 0 Å². The highest BCUT2D eigenvalue weighted by Gasteiger charge is 2.53. The third-order valence-electron chi connectivity index (χ3n) is 4.33. The Kier molecular flexibility index (Phi) is 3.86. The Hall–Kier alpha value is -1.99. The average Bonchev–Trinajstić information content (AvgIpc) is 3.03. The van der Waals surface area contributed by atoms with Gasteiger partial charge in [0.15, 0.2) is 0 Å². The molecule has 0 aromatic carbocycles. The molecule has 0 bridgehead atoms. The van der Waals surface area contributed by atoms with E-state index in [1.54, 1.807) is 18.5 Å². The number of hydrogen-bond donors (Lipinski definition) is 1. The van der Waals surface area contributed by atoms with Crippen molar-refractivity contribution in [3.05, 3.63) is 42.0 Å². The minimum atomic E-state index is -1.01. The molecule has 0 spiro atoms. The second-order valence-corrected chi connectivity index (χ2v) is 6.57. The summed E-state index contributed by atoms with van der Waals surface area (Å²) < 4.78 is 25.8. The molecule has 1 fully saturated rings. The number of nitrogens with one attached hydrogen (secondary N) is 1. The van der Waals surface area contributed by atoms with Gasteiger partial charge in [-0.25, -0.2) is 4.39 Å². The van der Waals surface area contributed by atoms with Crippen LogP contribution in [-0.2, 0) is 9.31 Å². The lowest BCUT2D eigenvalue weighted by Crippen LogP contribution is -2.41. The zero-order chi connectivity index (χ0) is 16.7. The van der Waals surface area contributed by atoms with Gasteiger partial charge in [-0.2, -0.15) is 5.10 Å². The van der Waals surface area contributed by atoms with Crippen molar-refractivity contribution in [2.45, 2.75) is 38.9 Å². The average molecular weight is 315 g/mol. The number of rotatable bonds is 3. The van der Waals surface area contributed by atoms with E-state index in [1.165, 1.54) is 6.08 Å². The van der Waals surface area contributed by atoms with Crippen molar-refractivity contribution >= 4 is 13.2 Å². The third-order valence-corrected chi connectivity index (χ3v) is 4.33. The molecule has 7 heteroatoms. The standard InChI is InChI=1S/C16H19BFN3O2/c1-15(2)16(3,4)23-17(22-15)14(18)9-12-8-13(21-20-12)11-6-5-7-19-10-11/h5-10H,1-4H3,(H,20,21). The highest BCUT2D eigenvalue weighted by Crippen LogP contribution is 2.39. The van der Waals surface area contributed by atoms with E-state index in [0.29, 0.717) is 11.4 Å². The fourth-order valence-corrected chi connectivity index (χ4v) is 2.24. The molecule has 2 aromatic rings. The number of H-pyrrole nitrogens is 1. The number of halogens is 1. The summed E-state index contributed by atoms with van der Waals surface area (Å²) in [6.45, 7) is 7.54.